The third-order valence-corrected chi connectivity index (χ3v) is 14.7. The van der Waals surface area contributed by atoms with E-state index in [-0.39, 0.29) is 31.1 Å². The number of carbonyl (C=O) groups excluding carboxylic acids is 3. The van der Waals surface area contributed by atoms with Gasteiger partial charge in [0, 0.05) is 19.3 Å². The summed E-state index contributed by atoms with van der Waals surface area (Å²) in [6.07, 6.45) is 75.8. The van der Waals surface area contributed by atoms with Crippen molar-refractivity contribution in [3.05, 3.63) is 36.5 Å². The topological polar surface area (TPSA) is 78.9 Å². The van der Waals surface area contributed by atoms with Crippen molar-refractivity contribution in [2.75, 3.05) is 13.2 Å². The molecule has 0 N–H and O–H groups in total. The summed E-state index contributed by atoms with van der Waals surface area (Å²) < 4.78 is 17.0. The van der Waals surface area contributed by atoms with Gasteiger partial charge in [0.05, 0.1) is 0 Å². The van der Waals surface area contributed by atoms with Crippen molar-refractivity contribution in [2.45, 2.75) is 361 Å². The van der Waals surface area contributed by atoms with E-state index in [1.54, 1.807) is 0 Å². The Morgan fingerprint density at radius 1 is 0.288 bits per heavy atom. The quantitative estimate of drug-likeness (QED) is 0.0261. The lowest BCUT2D eigenvalue weighted by Crippen LogP contribution is -2.30. The van der Waals surface area contributed by atoms with Crippen molar-refractivity contribution in [1.29, 1.82) is 0 Å². The fourth-order valence-corrected chi connectivity index (χ4v) is 9.81. The number of hydrogen-bond acceptors (Lipinski definition) is 6. The van der Waals surface area contributed by atoms with Gasteiger partial charge in [-0.1, -0.05) is 320 Å². The molecule has 1 unspecified atom stereocenters. The molecule has 6 heteroatoms. The van der Waals surface area contributed by atoms with Gasteiger partial charge in [0.2, 0.25) is 0 Å². The lowest BCUT2D eigenvalue weighted by Gasteiger charge is -2.18. The van der Waals surface area contributed by atoms with Crippen LogP contribution in [0.5, 0.6) is 0 Å². The number of unbranched alkanes of at least 4 members (excludes halogenated alkanes) is 43. The fourth-order valence-electron chi connectivity index (χ4n) is 9.81. The molecule has 0 aromatic heterocycles. The highest BCUT2D eigenvalue weighted by molar-refractivity contribution is 5.71. The second-order valence-corrected chi connectivity index (χ2v) is 22.0. The average Bonchev–Trinajstić information content (AvgIpc) is 3.39. The van der Waals surface area contributed by atoms with Crippen molar-refractivity contribution in [2.24, 2.45) is 0 Å². The summed E-state index contributed by atoms with van der Waals surface area (Å²) in [4.78, 5) is 38.3. The van der Waals surface area contributed by atoms with E-state index in [2.05, 4.69) is 57.2 Å². The summed E-state index contributed by atoms with van der Waals surface area (Å²) in [5, 5.41) is 0. The standard InChI is InChI=1S/C67H124O6/c1-4-7-10-13-16-19-22-25-28-31-33-34-37-39-42-45-48-51-54-57-60-66(69)72-63-64(62-71-65(68)59-56-53-50-47-44-41-38-35-30-27-24-21-18-15-12-9-6-3)73-67(70)61-58-55-52-49-46-43-40-36-32-29-26-23-20-17-14-11-8-5-2/h9,12,18,21,27,30,64H,4-8,10-11,13-17,19-20,22-26,28-29,31-63H2,1-3H3/b12-9-,21-18-,30-27-. The summed E-state index contributed by atoms with van der Waals surface area (Å²) in [6, 6.07) is 0. The molecule has 0 bridgehead atoms. The molecule has 0 spiro atoms. The zero-order valence-electron chi connectivity index (χ0n) is 49.2. The predicted molar refractivity (Wildman–Crippen MR) is 316 cm³/mol. The van der Waals surface area contributed by atoms with E-state index in [1.807, 2.05) is 0 Å². The van der Waals surface area contributed by atoms with Gasteiger partial charge in [-0.2, -0.15) is 0 Å². The molecule has 1 atom stereocenters. The third kappa shape index (κ3) is 60.4. The van der Waals surface area contributed by atoms with E-state index in [0.29, 0.717) is 19.3 Å². The Morgan fingerprint density at radius 3 is 0.836 bits per heavy atom. The maximum Gasteiger partial charge on any atom is 0.306 e. The summed E-state index contributed by atoms with van der Waals surface area (Å²) >= 11 is 0. The van der Waals surface area contributed by atoms with Crippen LogP contribution in [-0.4, -0.2) is 37.2 Å². The number of rotatable bonds is 60. The van der Waals surface area contributed by atoms with Gasteiger partial charge >= 0.3 is 17.9 Å². The second kappa shape index (κ2) is 62.2. The van der Waals surface area contributed by atoms with E-state index in [0.717, 1.165) is 83.5 Å². The molecule has 0 aliphatic carbocycles. The van der Waals surface area contributed by atoms with Gasteiger partial charge < -0.3 is 14.2 Å². The molecule has 0 rings (SSSR count). The van der Waals surface area contributed by atoms with E-state index in [9.17, 15) is 14.4 Å². The Kier molecular flexibility index (Phi) is 60.2. The first-order valence-electron chi connectivity index (χ1n) is 32.5. The molecule has 6 nitrogen and oxygen atoms in total. The van der Waals surface area contributed by atoms with Crippen LogP contribution in [0.25, 0.3) is 0 Å². The predicted octanol–water partition coefficient (Wildman–Crippen LogP) is 22.0. The van der Waals surface area contributed by atoms with Gasteiger partial charge in [-0.15, -0.1) is 0 Å². The van der Waals surface area contributed by atoms with Crippen LogP contribution in [0.3, 0.4) is 0 Å². The maximum atomic E-state index is 12.9. The molecule has 0 saturated carbocycles. The summed E-state index contributed by atoms with van der Waals surface area (Å²) in [5.74, 6) is -0.852. The van der Waals surface area contributed by atoms with Crippen molar-refractivity contribution < 1.29 is 28.6 Å². The molecule has 0 saturated heterocycles. The molecule has 73 heavy (non-hydrogen) atoms. The van der Waals surface area contributed by atoms with E-state index < -0.39 is 6.10 Å². The van der Waals surface area contributed by atoms with Crippen LogP contribution in [0.2, 0.25) is 0 Å². The van der Waals surface area contributed by atoms with Crippen LogP contribution in [0.4, 0.5) is 0 Å². The third-order valence-electron chi connectivity index (χ3n) is 14.7. The molecule has 0 aromatic rings. The molecule has 0 heterocycles. The summed E-state index contributed by atoms with van der Waals surface area (Å²) in [6.45, 7) is 6.59. The number of carbonyl (C=O) groups is 3. The van der Waals surface area contributed by atoms with Gasteiger partial charge in [0.15, 0.2) is 6.10 Å². The molecule has 0 aliphatic heterocycles. The smallest absolute Gasteiger partial charge is 0.306 e. The molecule has 0 fully saturated rings. The fraction of sp³-hybridized carbons (Fsp3) is 0.866. The van der Waals surface area contributed by atoms with Crippen LogP contribution >= 0.6 is 0 Å². The van der Waals surface area contributed by atoms with Gasteiger partial charge in [-0.3, -0.25) is 14.4 Å². The summed E-state index contributed by atoms with van der Waals surface area (Å²) in [7, 11) is 0. The number of hydrogen-bond donors (Lipinski definition) is 0. The molecule has 0 aliphatic rings. The Morgan fingerprint density at radius 2 is 0.534 bits per heavy atom. The van der Waals surface area contributed by atoms with Crippen LogP contribution in [0.1, 0.15) is 355 Å². The molecular formula is C67H124O6. The van der Waals surface area contributed by atoms with Gasteiger partial charge in [0.25, 0.3) is 0 Å². The van der Waals surface area contributed by atoms with Crippen molar-refractivity contribution in [3.63, 3.8) is 0 Å². The number of ether oxygens (including phenoxy) is 3. The zero-order chi connectivity index (χ0) is 52.9. The van der Waals surface area contributed by atoms with Crippen molar-refractivity contribution >= 4 is 17.9 Å². The Labute approximate surface area is 455 Å². The minimum absolute atomic E-state index is 0.0695. The first-order valence-corrected chi connectivity index (χ1v) is 32.5. The molecule has 0 aromatic carbocycles. The molecule has 0 radical (unpaired) electrons. The lowest BCUT2D eigenvalue weighted by molar-refractivity contribution is -0.167. The van der Waals surface area contributed by atoms with Gasteiger partial charge in [-0.25, -0.2) is 0 Å². The number of esters is 3. The lowest BCUT2D eigenvalue weighted by atomic mass is 10.0. The maximum absolute atomic E-state index is 12.9. The Bertz CT molecular complexity index is 1220. The summed E-state index contributed by atoms with van der Waals surface area (Å²) in [5.41, 5.74) is 0. The van der Waals surface area contributed by atoms with E-state index >= 15 is 0 Å². The average molecular weight is 1030 g/mol. The molecule has 428 valence electrons. The van der Waals surface area contributed by atoms with E-state index in [1.165, 1.54) is 231 Å². The van der Waals surface area contributed by atoms with Gasteiger partial charge in [-0.05, 0) is 51.4 Å². The molecule has 0 amide bonds. The largest absolute Gasteiger partial charge is 0.462 e. The van der Waals surface area contributed by atoms with Crippen molar-refractivity contribution in [1.82, 2.24) is 0 Å². The highest BCUT2D eigenvalue weighted by Crippen LogP contribution is 2.18. The Hall–Kier alpha value is -2.37. The highest BCUT2D eigenvalue weighted by atomic mass is 16.6. The molecular weight excluding hydrogens is 901 g/mol. The van der Waals surface area contributed by atoms with Crippen LogP contribution < -0.4 is 0 Å². The minimum atomic E-state index is -0.773. The van der Waals surface area contributed by atoms with Gasteiger partial charge in [0.1, 0.15) is 13.2 Å². The SMILES string of the molecule is CC/C=C\C/C=C\C/C=C\CCCCCCCCCC(=O)OCC(COC(=O)CCCCCCCCCCCCCCCCCCCCCC)OC(=O)CCCCCCCCCCCCCCCCCCCC. The zero-order valence-corrected chi connectivity index (χ0v) is 49.2. The second-order valence-electron chi connectivity index (χ2n) is 22.0. The van der Waals surface area contributed by atoms with E-state index in [4.69, 9.17) is 14.2 Å². The number of allylic oxidation sites excluding steroid dienone is 6. The van der Waals surface area contributed by atoms with Crippen molar-refractivity contribution in [3.8, 4) is 0 Å². The van der Waals surface area contributed by atoms with Crippen LogP contribution in [-0.2, 0) is 28.6 Å². The monoisotopic (exact) mass is 1020 g/mol. The van der Waals surface area contributed by atoms with Crippen LogP contribution in [0.15, 0.2) is 36.5 Å². The van der Waals surface area contributed by atoms with Crippen LogP contribution in [0, 0.1) is 0 Å². The Balaban J connectivity index is 4.32. The minimum Gasteiger partial charge on any atom is -0.462 e. The first-order chi connectivity index (χ1) is 36.0. The normalized spacial score (nSPS) is 12.2. The first kappa shape index (κ1) is 70.6. The highest BCUT2D eigenvalue weighted by Gasteiger charge is 2.19.